The second-order valence-electron chi connectivity index (χ2n) is 4.73. The maximum Gasteiger partial charge on any atom is 0.223 e. The summed E-state index contributed by atoms with van der Waals surface area (Å²) in [6, 6.07) is 9.26. The van der Waals surface area contributed by atoms with E-state index in [9.17, 15) is 4.79 Å². The molecule has 5 heteroatoms. The van der Waals surface area contributed by atoms with E-state index in [4.69, 9.17) is 10.00 Å². The van der Waals surface area contributed by atoms with Crippen molar-refractivity contribution in [3.63, 3.8) is 0 Å². The van der Waals surface area contributed by atoms with Crippen LogP contribution in [0.3, 0.4) is 0 Å². The number of rotatable bonds is 7. The molecule has 5 nitrogen and oxygen atoms in total. The monoisotopic (exact) mass is 275 g/mol. The van der Waals surface area contributed by atoms with Crippen molar-refractivity contribution >= 4 is 5.91 Å². The molecule has 0 aliphatic rings. The molecule has 0 radical (unpaired) electrons. The third kappa shape index (κ3) is 4.90. The highest BCUT2D eigenvalue weighted by Crippen LogP contribution is 2.16. The molecule has 1 atom stereocenters. The molecule has 1 amide bonds. The third-order valence-corrected chi connectivity index (χ3v) is 3.02. The zero-order chi connectivity index (χ0) is 15.0. The Morgan fingerprint density at radius 2 is 2.20 bits per heavy atom. The van der Waals surface area contributed by atoms with Crippen LogP contribution in [0.4, 0.5) is 0 Å². The zero-order valence-electron chi connectivity index (χ0n) is 12.2. The van der Waals surface area contributed by atoms with Gasteiger partial charge in [-0.25, -0.2) is 0 Å². The fourth-order valence-corrected chi connectivity index (χ4v) is 1.88. The Bertz CT molecular complexity index is 482. The molecule has 20 heavy (non-hydrogen) atoms. The highest BCUT2D eigenvalue weighted by molar-refractivity contribution is 5.78. The van der Waals surface area contributed by atoms with E-state index < -0.39 is 0 Å². The first-order valence-electron chi connectivity index (χ1n) is 6.60. The number of carbonyl (C=O) groups excluding carboxylic acids is 1. The van der Waals surface area contributed by atoms with Gasteiger partial charge in [-0.3, -0.25) is 4.79 Å². The minimum absolute atomic E-state index is 0.0348. The first kappa shape index (κ1) is 16.0. The second kappa shape index (κ2) is 8.18. The molecule has 0 spiro atoms. The summed E-state index contributed by atoms with van der Waals surface area (Å²) in [5, 5.41) is 11.6. The van der Waals surface area contributed by atoms with Crippen LogP contribution in [0.5, 0.6) is 5.75 Å². The standard InChI is InChI=1S/C15H21N3O2/c1-12(15(19)17-2)11-18(3)8-9-20-14-7-5-4-6-13(14)10-16/h4-7,12H,8-9,11H2,1-3H3,(H,17,19). The van der Waals surface area contributed by atoms with Gasteiger partial charge in [0.1, 0.15) is 18.4 Å². The summed E-state index contributed by atoms with van der Waals surface area (Å²) in [6.07, 6.45) is 0. The predicted octanol–water partition coefficient (Wildman–Crippen LogP) is 1.25. The summed E-state index contributed by atoms with van der Waals surface area (Å²) in [5.41, 5.74) is 0.536. The number of likely N-dealkylation sites (N-methyl/N-ethyl adjacent to an activating group) is 1. The van der Waals surface area contributed by atoms with E-state index in [1.807, 2.05) is 31.0 Å². The molecule has 0 heterocycles. The Labute approximate surface area is 120 Å². The molecule has 108 valence electrons. The molecule has 1 unspecified atom stereocenters. The fourth-order valence-electron chi connectivity index (χ4n) is 1.88. The molecule has 1 rings (SSSR count). The molecular weight excluding hydrogens is 254 g/mol. The van der Waals surface area contributed by atoms with Crippen molar-refractivity contribution < 1.29 is 9.53 Å². The van der Waals surface area contributed by atoms with Gasteiger partial charge in [0.2, 0.25) is 5.91 Å². The van der Waals surface area contributed by atoms with Crippen LogP contribution in [-0.4, -0.2) is 44.6 Å². The van der Waals surface area contributed by atoms with Crippen molar-refractivity contribution in [1.29, 1.82) is 5.26 Å². The number of nitrogens with one attached hydrogen (secondary N) is 1. The molecule has 0 bridgehead atoms. The Hall–Kier alpha value is -2.06. The minimum atomic E-state index is -0.0589. The number of nitriles is 1. The lowest BCUT2D eigenvalue weighted by molar-refractivity contribution is -0.124. The zero-order valence-corrected chi connectivity index (χ0v) is 12.2. The summed E-state index contributed by atoms with van der Waals surface area (Å²) in [5.74, 6) is 0.576. The summed E-state index contributed by atoms with van der Waals surface area (Å²) in [6.45, 7) is 3.74. The van der Waals surface area contributed by atoms with Gasteiger partial charge in [-0.15, -0.1) is 0 Å². The van der Waals surface area contributed by atoms with Crippen molar-refractivity contribution in [2.24, 2.45) is 5.92 Å². The van der Waals surface area contributed by atoms with E-state index in [2.05, 4.69) is 11.4 Å². The molecule has 0 aromatic heterocycles. The van der Waals surface area contributed by atoms with Gasteiger partial charge in [0.05, 0.1) is 5.56 Å². The van der Waals surface area contributed by atoms with E-state index in [0.29, 0.717) is 31.0 Å². The van der Waals surface area contributed by atoms with Crippen molar-refractivity contribution in [2.45, 2.75) is 6.92 Å². The summed E-state index contributed by atoms with van der Waals surface area (Å²) in [4.78, 5) is 13.5. The van der Waals surface area contributed by atoms with Gasteiger partial charge in [0, 0.05) is 26.1 Å². The lowest BCUT2D eigenvalue weighted by Gasteiger charge is -2.20. The fraction of sp³-hybridized carbons (Fsp3) is 0.467. The highest BCUT2D eigenvalue weighted by atomic mass is 16.5. The van der Waals surface area contributed by atoms with Crippen LogP contribution in [-0.2, 0) is 4.79 Å². The van der Waals surface area contributed by atoms with Crippen LogP contribution in [0.2, 0.25) is 0 Å². The van der Waals surface area contributed by atoms with Gasteiger partial charge in [-0.2, -0.15) is 5.26 Å². The van der Waals surface area contributed by atoms with Gasteiger partial charge < -0.3 is 15.0 Å². The average Bonchev–Trinajstić information content (AvgIpc) is 2.46. The first-order valence-corrected chi connectivity index (χ1v) is 6.60. The number of hydrogen-bond acceptors (Lipinski definition) is 4. The van der Waals surface area contributed by atoms with Crippen LogP contribution in [0.15, 0.2) is 24.3 Å². The van der Waals surface area contributed by atoms with Gasteiger partial charge >= 0.3 is 0 Å². The quantitative estimate of drug-likeness (QED) is 0.813. The average molecular weight is 275 g/mol. The SMILES string of the molecule is CNC(=O)C(C)CN(C)CCOc1ccccc1C#N. The molecular formula is C15H21N3O2. The minimum Gasteiger partial charge on any atom is -0.491 e. The Balaban J connectivity index is 2.37. The van der Waals surface area contributed by atoms with Crippen LogP contribution in [0, 0.1) is 17.2 Å². The van der Waals surface area contributed by atoms with E-state index in [1.54, 1.807) is 19.2 Å². The number of para-hydroxylation sites is 1. The van der Waals surface area contributed by atoms with E-state index in [1.165, 1.54) is 0 Å². The summed E-state index contributed by atoms with van der Waals surface area (Å²) >= 11 is 0. The normalized spacial score (nSPS) is 11.8. The van der Waals surface area contributed by atoms with Gasteiger partial charge in [0.25, 0.3) is 0 Å². The molecule has 1 N–H and O–H groups in total. The number of ether oxygens (including phenoxy) is 1. The number of nitrogens with zero attached hydrogens (tertiary/aromatic N) is 2. The largest absolute Gasteiger partial charge is 0.491 e. The predicted molar refractivity (Wildman–Crippen MR) is 77.4 cm³/mol. The van der Waals surface area contributed by atoms with Crippen LogP contribution < -0.4 is 10.1 Å². The highest BCUT2D eigenvalue weighted by Gasteiger charge is 2.13. The number of hydrogen-bond donors (Lipinski definition) is 1. The van der Waals surface area contributed by atoms with Crippen LogP contribution in [0.25, 0.3) is 0 Å². The molecule has 0 aliphatic carbocycles. The summed E-state index contributed by atoms with van der Waals surface area (Å²) in [7, 11) is 3.58. The number of carbonyl (C=O) groups is 1. The summed E-state index contributed by atoms with van der Waals surface area (Å²) < 4.78 is 5.60. The lowest BCUT2D eigenvalue weighted by atomic mass is 10.1. The molecule has 0 saturated carbocycles. The molecule has 0 saturated heterocycles. The van der Waals surface area contributed by atoms with Crippen LogP contribution >= 0.6 is 0 Å². The smallest absolute Gasteiger partial charge is 0.223 e. The first-order chi connectivity index (χ1) is 9.58. The van der Waals surface area contributed by atoms with Crippen molar-refractivity contribution in [2.75, 3.05) is 33.8 Å². The maximum absolute atomic E-state index is 11.4. The van der Waals surface area contributed by atoms with E-state index in [0.717, 1.165) is 0 Å². The van der Waals surface area contributed by atoms with Crippen molar-refractivity contribution in [1.82, 2.24) is 10.2 Å². The maximum atomic E-state index is 11.4. The van der Waals surface area contributed by atoms with E-state index in [-0.39, 0.29) is 11.8 Å². The Kier molecular flexibility index (Phi) is 6.54. The molecule has 0 fully saturated rings. The Morgan fingerprint density at radius 3 is 2.85 bits per heavy atom. The van der Waals surface area contributed by atoms with Gasteiger partial charge in [-0.05, 0) is 19.2 Å². The molecule has 1 aromatic rings. The Morgan fingerprint density at radius 1 is 1.50 bits per heavy atom. The van der Waals surface area contributed by atoms with Crippen molar-refractivity contribution in [3.05, 3.63) is 29.8 Å². The topological polar surface area (TPSA) is 65.4 Å². The molecule has 0 aliphatic heterocycles. The molecule has 1 aromatic carbocycles. The van der Waals surface area contributed by atoms with Gasteiger partial charge in [-0.1, -0.05) is 19.1 Å². The second-order valence-corrected chi connectivity index (χ2v) is 4.73. The number of benzene rings is 1. The number of amides is 1. The van der Waals surface area contributed by atoms with E-state index >= 15 is 0 Å². The van der Waals surface area contributed by atoms with Gasteiger partial charge in [0.15, 0.2) is 0 Å². The van der Waals surface area contributed by atoms with Crippen LogP contribution in [0.1, 0.15) is 12.5 Å². The lowest BCUT2D eigenvalue weighted by Crippen LogP contribution is -2.36. The van der Waals surface area contributed by atoms with Crippen molar-refractivity contribution in [3.8, 4) is 11.8 Å². The third-order valence-electron chi connectivity index (χ3n) is 3.02.